The Hall–Kier alpha value is -3.10. The summed E-state index contributed by atoms with van der Waals surface area (Å²) in [5.41, 5.74) is 5.58. The van der Waals surface area contributed by atoms with E-state index in [9.17, 15) is 0 Å². The fourth-order valence-electron chi connectivity index (χ4n) is 4.28. The van der Waals surface area contributed by atoms with Gasteiger partial charge in [-0.3, -0.25) is 5.10 Å². The van der Waals surface area contributed by atoms with E-state index in [-0.39, 0.29) is 0 Å². The van der Waals surface area contributed by atoms with Crippen molar-refractivity contribution in [2.45, 2.75) is 25.7 Å². The van der Waals surface area contributed by atoms with Gasteiger partial charge in [-0.2, -0.15) is 5.10 Å². The Bertz CT molecular complexity index is 1360. The number of nitrogens with one attached hydrogen (secondary N) is 3. The van der Waals surface area contributed by atoms with E-state index in [4.69, 9.17) is 4.98 Å². The lowest BCUT2D eigenvalue weighted by Crippen LogP contribution is -2.26. The number of hydrogen-bond donors (Lipinski definition) is 3. The van der Waals surface area contributed by atoms with E-state index in [0.717, 1.165) is 59.4 Å². The minimum atomic E-state index is 0.539. The van der Waals surface area contributed by atoms with Crippen LogP contribution >= 0.6 is 11.3 Å². The van der Waals surface area contributed by atoms with Crippen LogP contribution in [0.4, 0.5) is 0 Å². The lowest BCUT2D eigenvalue weighted by molar-refractivity contribution is 0.460. The van der Waals surface area contributed by atoms with Crippen molar-refractivity contribution >= 4 is 33.5 Å². The minimum Gasteiger partial charge on any atom is -0.321 e. The molecule has 0 atom stereocenters. The van der Waals surface area contributed by atoms with Crippen molar-refractivity contribution in [2.75, 3.05) is 13.1 Å². The van der Waals surface area contributed by atoms with E-state index in [1.807, 2.05) is 18.5 Å². The van der Waals surface area contributed by atoms with Crippen LogP contribution in [0.5, 0.6) is 0 Å². The van der Waals surface area contributed by atoms with Crippen molar-refractivity contribution in [1.82, 2.24) is 35.5 Å². The van der Waals surface area contributed by atoms with Crippen LogP contribution in [0.25, 0.3) is 44.2 Å². The number of aromatic amines is 2. The van der Waals surface area contributed by atoms with Gasteiger partial charge in [-0.15, -0.1) is 11.3 Å². The molecule has 1 aliphatic rings. The number of imidazole rings is 1. The van der Waals surface area contributed by atoms with Crippen molar-refractivity contribution in [3.05, 3.63) is 47.1 Å². The molecule has 0 spiro atoms. The fraction of sp³-hybridized carbons (Fsp3) is 0.273. The van der Waals surface area contributed by atoms with Crippen LogP contribution in [0.1, 0.15) is 29.2 Å². The summed E-state index contributed by atoms with van der Waals surface area (Å²) in [6.45, 7) is 4.23. The van der Waals surface area contributed by atoms with Gasteiger partial charge in [0, 0.05) is 27.7 Å². The van der Waals surface area contributed by atoms with E-state index >= 15 is 0 Å². The molecule has 5 aromatic rings. The van der Waals surface area contributed by atoms with Gasteiger partial charge >= 0.3 is 0 Å². The second kappa shape index (κ2) is 7.00. The monoisotopic (exact) mass is 415 g/mol. The topological polar surface area (TPSA) is 95.2 Å². The largest absolute Gasteiger partial charge is 0.321 e. The highest BCUT2D eigenvalue weighted by molar-refractivity contribution is 7.15. The summed E-state index contributed by atoms with van der Waals surface area (Å²) in [5, 5.41) is 12.0. The predicted octanol–water partition coefficient (Wildman–Crippen LogP) is 4.40. The Morgan fingerprint density at radius 3 is 2.80 bits per heavy atom. The maximum absolute atomic E-state index is 4.90. The normalized spacial score (nSPS) is 15.4. The minimum absolute atomic E-state index is 0.539. The zero-order valence-corrected chi connectivity index (χ0v) is 17.4. The molecule has 1 saturated heterocycles. The second-order valence-corrected chi connectivity index (χ2v) is 9.10. The summed E-state index contributed by atoms with van der Waals surface area (Å²) < 4.78 is 0. The van der Waals surface area contributed by atoms with Gasteiger partial charge in [0.2, 0.25) is 0 Å². The zero-order valence-electron chi connectivity index (χ0n) is 16.6. The molecule has 30 heavy (non-hydrogen) atoms. The standard InChI is InChI=1S/C22H21N7S/c1-12-2-3-17(30-12)15-6-9-24-21-18(15)26-22(27-21)19-16-10-14(11-25-20(16)29-28-19)13-4-7-23-8-5-13/h2-3,6,9-11,13,23H,4-5,7-8H2,1H3,(H,24,26,27)(H,25,28,29). The molecule has 6 rings (SSSR count). The fourth-order valence-corrected chi connectivity index (χ4v) is 5.17. The summed E-state index contributed by atoms with van der Waals surface area (Å²) in [7, 11) is 0. The summed E-state index contributed by atoms with van der Waals surface area (Å²) >= 11 is 1.76. The first-order valence-corrected chi connectivity index (χ1v) is 11.0. The van der Waals surface area contributed by atoms with Crippen LogP contribution in [0.15, 0.2) is 36.7 Å². The van der Waals surface area contributed by atoms with Crippen LogP contribution < -0.4 is 5.32 Å². The molecule has 1 fully saturated rings. The SMILES string of the molecule is Cc1ccc(-c2ccnc3[nH]c(-c4n[nH]c5ncc(C6CCNCC6)cc45)nc23)s1. The number of fused-ring (bicyclic) bond motifs is 2. The molecular weight excluding hydrogens is 394 g/mol. The summed E-state index contributed by atoms with van der Waals surface area (Å²) in [5.74, 6) is 1.26. The first-order valence-electron chi connectivity index (χ1n) is 10.2. The van der Waals surface area contributed by atoms with Crippen molar-refractivity contribution in [3.63, 3.8) is 0 Å². The highest BCUT2D eigenvalue weighted by atomic mass is 32.1. The molecule has 3 N–H and O–H groups in total. The summed E-state index contributed by atoms with van der Waals surface area (Å²) in [6.07, 6.45) is 6.09. The number of rotatable bonds is 3. The van der Waals surface area contributed by atoms with Gasteiger partial charge in [0.25, 0.3) is 0 Å². The number of aromatic nitrogens is 6. The molecule has 6 heterocycles. The van der Waals surface area contributed by atoms with Gasteiger partial charge in [0.1, 0.15) is 11.2 Å². The van der Waals surface area contributed by atoms with Crippen molar-refractivity contribution in [1.29, 1.82) is 0 Å². The van der Waals surface area contributed by atoms with E-state index in [1.54, 1.807) is 11.3 Å². The molecule has 1 aliphatic heterocycles. The van der Waals surface area contributed by atoms with Gasteiger partial charge in [-0.05, 0) is 68.6 Å². The smallest absolute Gasteiger partial charge is 0.161 e. The van der Waals surface area contributed by atoms with Gasteiger partial charge in [-0.25, -0.2) is 15.0 Å². The number of nitrogens with zero attached hydrogens (tertiary/aromatic N) is 4. The molecule has 150 valence electrons. The average Bonchev–Trinajstić information content (AvgIpc) is 3.51. The van der Waals surface area contributed by atoms with Crippen LogP contribution in [-0.4, -0.2) is 43.2 Å². The number of thiophene rings is 1. The number of aryl methyl sites for hydroxylation is 1. The number of hydrogen-bond acceptors (Lipinski definition) is 6. The lowest BCUT2D eigenvalue weighted by Gasteiger charge is -2.22. The summed E-state index contributed by atoms with van der Waals surface area (Å²) in [6, 6.07) is 8.52. The van der Waals surface area contributed by atoms with E-state index < -0.39 is 0 Å². The van der Waals surface area contributed by atoms with Crippen LogP contribution in [0.2, 0.25) is 0 Å². The molecule has 0 bridgehead atoms. The second-order valence-electron chi connectivity index (χ2n) is 7.81. The van der Waals surface area contributed by atoms with Crippen LogP contribution in [0.3, 0.4) is 0 Å². The quantitative estimate of drug-likeness (QED) is 0.406. The number of piperidine rings is 1. The molecule has 8 heteroatoms. The van der Waals surface area contributed by atoms with E-state index in [1.165, 1.54) is 15.3 Å². The maximum Gasteiger partial charge on any atom is 0.161 e. The molecule has 0 aliphatic carbocycles. The molecule has 7 nitrogen and oxygen atoms in total. The van der Waals surface area contributed by atoms with E-state index in [2.05, 4.69) is 55.6 Å². The molecule has 0 amide bonds. The average molecular weight is 416 g/mol. The Labute approximate surface area is 177 Å². The van der Waals surface area contributed by atoms with Gasteiger partial charge < -0.3 is 10.3 Å². The highest BCUT2D eigenvalue weighted by Gasteiger charge is 2.20. The Morgan fingerprint density at radius 1 is 1.07 bits per heavy atom. The maximum atomic E-state index is 4.90. The Kier molecular flexibility index (Phi) is 4.14. The van der Waals surface area contributed by atoms with Crippen molar-refractivity contribution in [3.8, 4) is 22.0 Å². The van der Waals surface area contributed by atoms with Crippen molar-refractivity contribution < 1.29 is 0 Å². The van der Waals surface area contributed by atoms with Gasteiger partial charge in [0.05, 0.1) is 5.39 Å². The third kappa shape index (κ3) is 2.91. The third-order valence-corrected chi connectivity index (χ3v) is 6.90. The van der Waals surface area contributed by atoms with Crippen molar-refractivity contribution in [2.24, 2.45) is 0 Å². The first-order chi connectivity index (χ1) is 14.8. The molecule has 0 radical (unpaired) electrons. The Morgan fingerprint density at radius 2 is 1.97 bits per heavy atom. The summed E-state index contributed by atoms with van der Waals surface area (Å²) in [4.78, 5) is 19.9. The van der Waals surface area contributed by atoms with Crippen LogP contribution in [0, 0.1) is 6.92 Å². The van der Waals surface area contributed by atoms with E-state index in [0.29, 0.717) is 11.7 Å². The lowest BCUT2D eigenvalue weighted by atomic mass is 9.91. The third-order valence-electron chi connectivity index (χ3n) is 5.86. The molecular formula is C22H21N7S. The van der Waals surface area contributed by atoms with Crippen LogP contribution in [-0.2, 0) is 0 Å². The van der Waals surface area contributed by atoms with Gasteiger partial charge in [-0.1, -0.05) is 0 Å². The highest BCUT2D eigenvalue weighted by Crippen LogP contribution is 2.34. The molecule has 0 saturated carbocycles. The number of pyridine rings is 2. The number of H-pyrrole nitrogens is 2. The first kappa shape index (κ1) is 17.7. The Balaban J connectivity index is 1.47. The molecule has 5 aromatic heterocycles. The zero-order chi connectivity index (χ0) is 20.1. The molecule has 0 aromatic carbocycles. The predicted molar refractivity (Wildman–Crippen MR) is 120 cm³/mol. The molecule has 0 unspecified atom stereocenters. The van der Waals surface area contributed by atoms with Gasteiger partial charge in [0.15, 0.2) is 17.1 Å².